The van der Waals surface area contributed by atoms with Crippen molar-refractivity contribution in [2.75, 3.05) is 7.11 Å². The van der Waals surface area contributed by atoms with Gasteiger partial charge in [0.1, 0.15) is 5.75 Å². The Bertz CT molecular complexity index is 263. The molecule has 11 heavy (non-hydrogen) atoms. The van der Waals surface area contributed by atoms with Gasteiger partial charge < -0.3 is 4.74 Å². The predicted octanol–water partition coefficient (Wildman–Crippen LogP) is 1.30. The molecule has 1 nitrogen and oxygen atoms in total. The second-order valence-corrected chi connectivity index (χ2v) is 1.84. The Labute approximate surface area is 78.9 Å². The monoisotopic (exact) mass is 139 g/mol. The van der Waals surface area contributed by atoms with Crippen molar-refractivity contribution < 1.29 is 4.74 Å². The van der Waals surface area contributed by atoms with E-state index in [9.17, 15) is 0 Å². The molecule has 51 valence electrons. The van der Waals surface area contributed by atoms with Crippen molar-refractivity contribution >= 4 is 18.9 Å². The molecule has 1 radical (unpaired) electrons. The van der Waals surface area contributed by atoms with E-state index in [-0.39, 0.29) is 18.9 Å². The summed E-state index contributed by atoms with van der Waals surface area (Å²) in [6, 6.07) is 7.46. The van der Waals surface area contributed by atoms with Crippen LogP contribution in [0.5, 0.6) is 5.75 Å². The van der Waals surface area contributed by atoms with Gasteiger partial charge in [0.2, 0.25) is 0 Å². The Morgan fingerprint density at radius 1 is 1.36 bits per heavy atom. The summed E-state index contributed by atoms with van der Waals surface area (Å²) < 4.78 is 4.99. The molecular weight excluding hydrogens is 131 g/mol. The molecule has 0 unspecified atom stereocenters. The van der Waals surface area contributed by atoms with Crippen molar-refractivity contribution in [2.45, 2.75) is 0 Å². The van der Waals surface area contributed by atoms with E-state index in [0.717, 1.165) is 11.3 Å². The van der Waals surface area contributed by atoms with Gasteiger partial charge in [-0.15, -0.1) is 6.42 Å². The van der Waals surface area contributed by atoms with Gasteiger partial charge in [-0.2, -0.15) is 0 Å². The van der Waals surface area contributed by atoms with Crippen LogP contribution in [0.15, 0.2) is 24.3 Å². The Kier molecular flexibility index (Phi) is 4.54. The molecule has 0 fully saturated rings. The number of methoxy groups -OCH3 is 1. The smallest absolute Gasteiger partial charge is 0.134 e. The van der Waals surface area contributed by atoms with Gasteiger partial charge in [0.25, 0.3) is 0 Å². The van der Waals surface area contributed by atoms with Gasteiger partial charge in [-0.05, 0) is 12.1 Å². The van der Waals surface area contributed by atoms with Gasteiger partial charge in [0.15, 0.2) is 0 Å². The maximum atomic E-state index is 5.20. The molecule has 0 heterocycles. The fourth-order valence-corrected chi connectivity index (χ4v) is 0.764. The van der Waals surface area contributed by atoms with Crippen LogP contribution in [0.1, 0.15) is 5.56 Å². The minimum atomic E-state index is 0. The molecule has 0 N–H and O–H groups in total. The summed E-state index contributed by atoms with van der Waals surface area (Å²) in [7, 11) is 1.61. The van der Waals surface area contributed by atoms with Crippen molar-refractivity contribution in [3.05, 3.63) is 29.8 Å². The zero-order valence-electron chi connectivity index (χ0n) is 6.79. The second-order valence-electron chi connectivity index (χ2n) is 1.84. The Morgan fingerprint density at radius 2 is 2.00 bits per heavy atom. The molecule has 0 spiro atoms. The fourth-order valence-electron chi connectivity index (χ4n) is 0.764. The van der Waals surface area contributed by atoms with Gasteiger partial charge in [-0.1, -0.05) is 18.1 Å². The van der Waals surface area contributed by atoms with Crippen molar-refractivity contribution in [1.82, 2.24) is 0 Å². The Balaban J connectivity index is 0.000001000. The first kappa shape index (κ1) is 10.2. The van der Waals surface area contributed by atoms with Crippen LogP contribution in [0.2, 0.25) is 0 Å². The van der Waals surface area contributed by atoms with Crippen molar-refractivity contribution in [3.8, 4) is 18.1 Å². The van der Waals surface area contributed by atoms with E-state index in [1.54, 1.807) is 7.11 Å². The number of ether oxygens (including phenoxy) is 1. The number of terminal acetylenes is 1. The van der Waals surface area contributed by atoms with Gasteiger partial charge >= 0.3 is 0 Å². The van der Waals surface area contributed by atoms with E-state index in [0.29, 0.717) is 0 Å². The van der Waals surface area contributed by atoms with Crippen LogP contribution >= 0.6 is 0 Å². The third kappa shape index (κ3) is 2.35. The molecule has 0 saturated heterocycles. The molecule has 2 heteroatoms. The normalized spacial score (nSPS) is 7.64. The van der Waals surface area contributed by atoms with Crippen LogP contribution < -0.4 is 4.74 Å². The number of rotatable bonds is 1. The molecule has 0 aliphatic carbocycles. The zero-order chi connectivity index (χ0) is 7.40. The molecular formula is C9H8LiO. The van der Waals surface area contributed by atoms with E-state index < -0.39 is 0 Å². The summed E-state index contributed by atoms with van der Waals surface area (Å²) in [5.74, 6) is 3.28. The van der Waals surface area contributed by atoms with Gasteiger partial charge in [-0.25, -0.2) is 0 Å². The standard InChI is InChI=1S/C9H8O.Li/c1-3-8-6-4-5-7-9(8)10-2;/h1,4-7H,2H3;. The van der Waals surface area contributed by atoms with Crippen LogP contribution in [0, 0.1) is 12.3 Å². The van der Waals surface area contributed by atoms with Crippen molar-refractivity contribution in [1.29, 1.82) is 0 Å². The molecule has 0 bridgehead atoms. The first-order chi connectivity index (χ1) is 4.88. The third-order valence-corrected chi connectivity index (χ3v) is 1.26. The minimum absolute atomic E-state index is 0. The molecule has 0 aromatic heterocycles. The molecule has 0 aliphatic rings. The van der Waals surface area contributed by atoms with Gasteiger partial charge in [-0.3, -0.25) is 0 Å². The maximum absolute atomic E-state index is 5.20. The van der Waals surface area contributed by atoms with Crippen LogP contribution in [-0.4, -0.2) is 26.0 Å². The summed E-state index contributed by atoms with van der Waals surface area (Å²) in [4.78, 5) is 0. The van der Waals surface area contributed by atoms with E-state index in [4.69, 9.17) is 11.2 Å². The fraction of sp³-hybridized carbons (Fsp3) is 0.111. The van der Waals surface area contributed by atoms with E-state index in [1.165, 1.54) is 0 Å². The first-order valence-electron chi connectivity index (χ1n) is 2.98. The molecule has 0 saturated carbocycles. The van der Waals surface area contributed by atoms with Crippen LogP contribution in [0.3, 0.4) is 0 Å². The van der Waals surface area contributed by atoms with E-state index in [1.807, 2.05) is 24.3 Å². The third-order valence-electron chi connectivity index (χ3n) is 1.26. The van der Waals surface area contributed by atoms with Crippen LogP contribution in [0.4, 0.5) is 0 Å². The quantitative estimate of drug-likeness (QED) is 0.421. The van der Waals surface area contributed by atoms with Crippen LogP contribution in [-0.2, 0) is 0 Å². The zero-order valence-corrected chi connectivity index (χ0v) is 6.79. The van der Waals surface area contributed by atoms with Crippen molar-refractivity contribution in [2.24, 2.45) is 0 Å². The number of para-hydroxylation sites is 1. The van der Waals surface area contributed by atoms with Gasteiger partial charge in [0.05, 0.1) is 12.7 Å². The molecule has 1 aromatic carbocycles. The van der Waals surface area contributed by atoms with E-state index >= 15 is 0 Å². The van der Waals surface area contributed by atoms with Crippen LogP contribution in [0.25, 0.3) is 0 Å². The summed E-state index contributed by atoms with van der Waals surface area (Å²) in [5, 5.41) is 0. The molecule has 1 rings (SSSR count). The summed E-state index contributed by atoms with van der Waals surface area (Å²) in [6.07, 6.45) is 5.20. The summed E-state index contributed by atoms with van der Waals surface area (Å²) in [5.41, 5.74) is 0.796. The number of hydrogen-bond donors (Lipinski definition) is 0. The predicted molar refractivity (Wildman–Crippen MR) is 46.7 cm³/mol. The maximum Gasteiger partial charge on any atom is 0.134 e. The van der Waals surface area contributed by atoms with Gasteiger partial charge in [0, 0.05) is 18.9 Å². The number of benzene rings is 1. The largest absolute Gasteiger partial charge is 0.495 e. The second kappa shape index (κ2) is 4.91. The molecule has 0 amide bonds. The topological polar surface area (TPSA) is 9.23 Å². The SMILES string of the molecule is C#Cc1ccccc1OC.[Li]. The first-order valence-corrected chi connectivity index (χ1v) is 2.98. The minimum Gasteiger partial charge on any atom is -0.495 e. The average Bonchev–Trinajstić information content (AvgIpc) is 2.04. The Hall–Kier alpha value is -0.823. The summed E-state index contributed by atoms with van der Waals surface area (Å²) >= 11 is 0. The van der Waals surface area contributed by atoms with E-state index in [2.05, 4.69) is 5.92 Å². The average molecular weight is 139 g/mol. The molecule has 1 aromatic rings. The van der Waals surface area contributed by atoms with Crippen molar-refractivity contribution in [3.63, 3.8) is 0 Å². The molecule has 0 atom stereocenters. The summed E-state index contributed by atoms with van der Waals surface area (Å²) in [6.45, 7) is 0. The number of hydrogen-bond acceptors (Lipinski definition) is 1. The molecule has 0 aliphatic heterocycles. The Morgan fingerprint density at radius 3 is 2.45 bits per heavy atom.